The normalized spacial score (nSPS) is 45.5. The van der Waals surface area contributed by atoms with Crippen LogP contribution in [0, 0.1) is 0 Å². The highest BCUT2D eigenvalue weighted by Gasteiger charge is 2.43. The summed E-state index contributed by atoms with van der Waals surface area (Å²) < 4.78 is 13.6. The molecule has 0 aromatic rings. The molecule has 2 heterocycles. The van der Waals surface area contributed by atoms with E-state index in [0.29, 0.717) is 24.9 Å². The van der Waals surface area contributed by atoms with Crippen LogP contribution in [0.25, 0.3) is 0 Å². The Kier molecular flexibility index (Phi) is 2.97. The van der Waals surface area contributed by atoms with Gasteiger partial charge in [-0.2, -0.15) is 0 Å². The quantitative estimate of drug-likeness (QED) is 0.655. The van der Waals surface area contributed by atoms with Gasteiger partial charge in [-0.05, 0) is 25.7 Å². The first kappa shape index (κ1) is 10.2. The number of aliphatic hydroxyl groups excluding tert-OH is 1. The predicted octanol–water partition coefficient (Wildman–Crippen LogP) is 1.02. The summed E-state index contributed by atoms with van der Waals surface area (Å²) in [6.07, 6.45) is 3.16. The Labute approximate surface area is 77.9 Å². The molecular formula is C8H15ClFNO. The molecule has 12 heavy (non-hydrogen) atoms. The Balaban J connectivity index is 0.000000720. The van der Waals surface area contributed by atoms with Crippen molar-refractivity contribution in [1.82, 2.24) is 5.32 Å². The fourth-order valence-corrected chi connectivity index (χ4v) is 2.32. The molecule has 0 aliphatic carbocycles. The van der Waals surface area contributed by atoms with E-state index >= 15 is 0 Å². The van der Waals surface area contributed by atoms with E-state index in [4.69, 9.17) is 5.11 Å². The first-order valence-corrected chi connectivity index (χ1v) is 4.28. The summed E-state index contributed by atoms with van der Waals surface area (Å²) in [6.45, 7) is -0.304. The molecule has 2 saturated heterocycles. The standard InChI is InChI=1S/C8H14FNO.ClH/c9-8(5-11)3-6-1-2-7(4-8)10-6;/h6-7,10-11H,1-5H2;1H. The monoisotopic (exact) mass is 195 g/mol. The van der Waals surface area contributed by atoms with E-state index in [-0.39, 0.29) is 19.0 Å². The van der Waals surface area contributed by atoms with Gasteiger partial charge in [0.25, 0.3) is 0 Å². The van der Waals surface area contributed by atoms with Gasteiger partial charge in [-0.25, -0.2) is 4.39 Å². The van der Waals surface area contributed by atoms with Gasteiger partial charge in [0, 0.05) is 12.1 Å². The smallest absolute Gasteiger partial charge is 0.136 e. The lowest BCUT2D eigenvalue weighted by molar-refractivity contribution is 0.0255. The Bertz CT molecular complexity index is 155. The average molecular weight is 196 g/mol. The first-order chi connectivity index (χ1) is 5.22. The van der Waals surface area contributed by atoms with Crippen molar-refractivity contribution in [1.29, 1.82) is 0 Å². The number of rotatable bonds is 1. The molecule has 0 aromatic carbocycles. The minimum Gasteiger partial charge on any atom is -0.393 e. The van der Waals surface area contributed by atoms with Gasteiger partial charge in [0.05, 0.1) is 6.61 Å². The molecule has 2 bridgehead atoms. The molecule has 72 valence electrons. The summed E-state index contributed by atoms with van der Waals surface area (Å²) in [5.41, 5.74) is -1.28. The molecule has 0 amide bonds. The summed E-state index contributed by atoms with van der Waals surface area (Å²) in [5.74, 6) is 0. The molecule has 2 N–H and O–H groups in total. The van der Waals surface area contributed by atoms with Gasteiger partial charge >= 0.3 is 0 Å². The van der Waals surface area contributed by atoms with Crippen LogP contribution in [0.2, 0.25) is 0 Å². The van der Waals surface area contributed by atoms with Crippen molar-refractivity contribution in [3.63, 3.8) is 0 Å². The third-order valence-electron chi connectivity index (χ3n) is 2.84. The van der Waals surface area contributed by atoms with Crippen molar-refractivity contribution in [3.05, 3.63) is 0 Å². The number of aliphatic hydroxyl groups is 1. The molecular weight excluding hydrogens is 181 g/mol. The van der Waals surface area contributed by atoms with Crippen molar-refractivity contribution >= 4 is 12.4 Å². The summed E-state index contributed by atoms with van der Waals surface area (Å²) in [5, 5.41) is 12.1. The number of halogens is 2. The van der Waals surface area contributed by atoms with E-state index in [0.717, 1.165) is 12.8 Å². The number of fused-ring (bicyclic) bond motifs is 2. The minimum atomic E-state index is -1.28. The van der Waals surface area contributed by atoms with E-state index in [1.165, 1.54) is 0 Å². The Morgan fingerprint density at radius 3 is 2.25 bits per heavy atom. The highest BCUT2D eigenvalue weighted by molar-refractivity contribution is 5.85. The van der Waals surface area contributed by atoms with Gasteiger partial charge in [0.2, 0.25) is 0 Å². The number of piperidine rings is 1. The van der Waals surface area contributed by atoms with Crippen LogP contribution in [0.4, 0.5) is 4.39 Å². The second kappa shape index (κ2) is 3.48. The molecule has 0 spiro atoms. The van der Waals surface area contributed by atoms with Crippen molar-refractivity contribution < 1.29 is 9.50 Å². The second-order valence-corrected chi connectivity index (χ2v) is 3.86. The Morgan fingerprint density at radius 1 is 1.33 bits per heavy atom. The van der Waals surface area contributed by atoms with Crippen LogP contribution in [0.3, 0.4) is 0 Å². The van der Waals surface area contributed by atoms with Crippen molar-refractivity contribution in [2.45, 2.75) is 43.4 Å². The number of nitrogens with one attached hydrogen (secondary N) is 1. The molecule has 0 aromatic heterocycles. The van der Waals surface area contributed by atoms with Gasteiger partial charge in [-0.15, -0.1) is 12.4 Å². The van der Waals surface area contributed by atoms with Crippen LogP contribution in [0.15, 0.2) is 0 Å². The highest BCUT2D eigenvalue weighted by Crippen LogP contribution is 2.36. The zero-order valence-electron chi connectivity index (χ0n) is 6.92. The molecule has 2 aliphatic heterocycles. The molecule has 0 radical (unpaired) electrons. The van der Waals surface area contributed by atoms with E-state index in [9.17, 15) is 4.39 Å². The molecule has 2 atom stereocenters. The van der Waals surface area contributed by atoms with Crippen LogP contribution in [0.1, 0.15) is 25.7 Å². The highest BCUT2D eigenvalue weighted by atomic mass is 35.5. The van der Waals surface area contributed by atoms with Gasteiger partial charge in [-0.1, -0.05) is 0 Å². The maximum Gasteiger partial charge on any atom is 0.136 e. The van der Waals surface area contributed by atoms with E-state index in [2.05, 4.69) is 5.32 Å². The molecule has 4 heteroatoms. The summed E-state index contributed by atoms with van der Waals surface area (Å²) in [4.78, 5) is 0. The Hall–Kier alpha value is 0.140. The van der Waals surface area contributed by atoms with Crippen LogP contribution in [-0.4, -0.2) is 29.5 Å². The summed E-state index contributed by atoms with van der Waals surface area (Å²) in [6, 6.07) is 0.650. The zero-order valence-corrected chi connectivity index (χ0v) is 7.74. The number of alkyl halides is 1. The average Bonchev–Trinajstić information content (AvgIpc) is 2.31. The van der Waals surface area contributed by atoms with Crippen molar-refractivity contribution in [3.8, 4) is 0 Å². The van der Waals surface area contributed by atoms with Crippen LogP contribution in [-0.2, 0) is 0 Å². The van der Waals surface area contributed by atoms with E-state index in [1.54, 1.807) is 0 Å². The fourth-order valence-electron chi connectivity index (χ4n) is 2.32. The third kappa shape index (κ3) is 1.73. The fraction of sp³-hybridized carbons (Fsp3) is 1.00. The van der Waals surface area contributed by atoms with Crippen molar-refractivity contribution in [2.24, 2.45) is 0 Å². The van der Waals surface area contributed by atoms with Crippen LogP contribution in [0.5, 0.6) is 0 Å². The largest absolute Gasteiger partial charge is 0.393 e. The van der Waals surface area contributed by atoms with Gasteiger partial charge in [-0.3, -0.25) is 0 Å². The van der Waals surface area contributed by atoms with Gasteiger partial charge in [0.15, 0.2) is 0 Å². The minimum absolute atomic E-state index is 0. The van der Waals surface area contributed by atoms with Crippen LogP contribution < -0.4 is 5.32 Å². The molecule has 2 unspecified atom stereocenters. The first-order valence-electron chi connectivity index (χ1n) is 4.28. The number of hydrogen-bond donors (Lipinski definition) is 2. The Morgan fingerprint density at radius 2 is 1.83 bits per heavy atom. The molecule has 2 nitrogen and oxygen atoms in total. The lowest BCUT2D eigenvalue weighted by Crippen LogP contribution is -2.47. The van der Waals surface area contributed by atoms with E-state index in [1.807, 2.05) is 0 Å². The van der Waals surface area contributed by atoms with Gasteiger partial charge < -0.3 is 10.4 Å². The summed E-state index contributed by atoms with van der Waals surface area (Å²) in [7, 11) is 0. The van der Waals surface area contributed by atoms with E-state index < -0.39 is 5.67 Å². The van der Waals surface area contributed by atoms with Gasteiger partial charge in [0.1, 0.15) is 5.67 Å². The molecule has 0 saturated carbocycles. The zero-order chi connectivity index (χ0) is 7.90. The third-order valence-corrected chi connectivity index (χ3v) is 2.84. The maximum atomic E-state index is 13.6. The SMILES string of the molecule is Cl.OCC1(F)CC2CCC(C1)N2. The molecule has 2 rings (SSSR count). The molecule has 2 fully saturated rings. The molecule has 2 aliphatic rings. The van der Waals surface area contributed by atoms with Crippen LogP contribution >= 0.6 is 12.4 Å². The second-order valence-electron chi connectivity index (χ2n) is 3.86. The summed E-state index contributed by atoms with van der Waals surface area (Å²) >= 11 is 0. The maximum absolute atomic E-state index is 13.6. The predicted molar refractivity (Wildman–Crippen MR) is 47.4 cm³/mol. The topological polar surface area (TPSA) is 32.3 Å². The lowest BCUT2D eigenvalue weighted by Gasteiger charge is -2.33. The van der Waals surface area contributed by atoms with Crippen molar-refractivity contribution in [2.75, 3.05) is 6.61 Å². The number of hydrogen-bond acceptors (Lipinski definition) is 2. The lowest BCUT2D eigenvalue weighted by atomic mass is 9.90.